The quantitative estimate of drug-likeness (QED) is 0.519. The number of halogens is 3. The van der Waals surface area contributed by atoms with Crippen molar-refractivity contribution in [1.82, 2.24) is 24.8 Å². The lowest BCUT2D eigenvalue weighted by Crippen LogP contribution is -2.57. The Bertz CT molecular complexity index is 1250. The molecule has 0 N–H and O–H groups in total. The van der Waals surface area contributed by atoms with Crippen LogP contribution in [0.1, 0.15) is 52.9 Å². The molecule has 6 heterocycles. The molecule has 4 saturated heterocycles. The molecule has 2 unspecified atom stereocenters. The molecule has 0 saturated carbocycles. The summed E-state index contributed by atoms with van der Waals surface area (Å²) in [4.78, 5) is 32.0. The zero-order valence-corrected chi connectivity index (χ0v) is 22.7. The molecule has 2 aromatic rings. The van der Waals surface area contributed by atoms with Gasteiger partial charge in [-0.2, -0.15) is 9.97 Å². The van der Waals surface area contributed by atoms with Gasteiger partial charge in [-0.1, -0.05) is 11.6 Å². The molecule has 4 fully saturated rings. The number of hydrogen-bond donors (Lipinski definition) is 0. The molecule has 4 atom stereocenters. The summed E-state index contributed by atoms with van der Waals surface area (Å²) in [6.45, 7) is 8.06. The van der Waals surface area contributed by atoms with E-state index in [1.165, 1.54) is 6.20 Å². The average molecular weight is 551 g/mol. The van der Waals surface area contributed by atoms with Gasteiger partial charge in [0.1, 0.15) is 29.7 Å². The minimum absolute atomic E-state index is 0.0270. The first kappa shape index (κ1) is 25.7. The lowest BCUT2D eigenvalue weighted by molar-refractivity contribution is 0.0122. The molecule has 38 heavy (non-hydrogen) atoms. The van der Waals surface area contributed by atoms with E-state index in [0.717, 1.165) is 32.2 Å². The second kappa shape index (κ2) is 9.29. The van der Waals surface area contributed by atoms with Gasteiger partial charge in [-0.05, 0) is 53.0 Å². The number of ether oxygens (including phenoxy) is 2. The Morgan fingerprint density at radius 1 is 1.21 bits per heavy atom. The van der Waals surface area contributed by atoms with Crippen LogP contribution in [0.5, 0.6) is 6.01 Å². The number of anilines is 1. The molecule has 0 aromatic carbocycles. The maximum Gasteiger partial charge on any atom is 0.410 e. The highest BCUT2D eigenvalue weighted by Crippen LogP contribution is 2.41. The van der Waals surface area contributed by atoms with Gasteiger partial charge in [0.15, 0.2) is 11.0 Å². The zero-order chi connectivity index (χ0) is 26.8. The third-order valence-corrected chi connectivity index (χ3v) is 8.48. The molecule has 6 rings (SSSR count). The SMILES string of the molecule is CC(C)(C)OC(=O)N1[C@@H]2CC[C@H]1CN(c1nc(OCC34CCCN3CC(F)C4)nc3c(F)c(Cl)ncc13)C2. The summed E-state index contributed by atoms with van der Waals surface area (Å²) in [6.07, 6.45) is 4.20. The topological polar surface area (TPSA) is 83.9 Å². The van der Waals surface area contributed by atoms with Gasteiger partial charge in [0.05, 0.1) is 23.0 Å². The number of rotatable bonds is 4. The van der Waals surface area contributed by atoms with E-state index < -0.39 is 17.6 Å². The Balaban J connectivity index is 1.30. The van der Waals surface area contributed by atoms with Crippen molar-refractivity contribution in [1.29, 1.82) is 0 Å². The van der Waals surface area contributed by atoms with Crippen molar-refractivity contribution in [2.75, 3.05) is 37.7 Å². The summed E-state index contributed by atoms with van der Waals surface area (Å²) in [5, 5.41) is 0.147. The van der Waals surface area contributed by atoms with Crippen LogP contribution < -0.4 is 9.64 Å². The summed E-state index contributed by atoms with van der Waals surface area (Å²) < 4.78 is 41.1. The summed E-state index contributed by atoms with van der Waals surface area (Å²) in [5.74, 6) is -0.247. The first-order chi connectivity index (χ1) is 18.0. The predicted octanol–water partition coefficient (Wildman–Crippen LogP) is 4.36. The Hall–Kier alpha value is -2.53. The number of nitrogens with zero attached hydrogens (tertiary/aromatic N) is 6. The fourth-order valence-electron chi connectivity index (χ4n) is 6.64. The van der Waals surface area contributed by atoms with Gasteiger partial charge in [0, 0.05) is 32.3 Å². The van der Waals surface area contributed by atoms with Gasteiger partial charge >= 0.3 is 12.1 Å². The molecular weight excluding hydrogens is 518 g/mol. The average Bonchev–Trinajstić information content (AvgIpc) is 3.46. The first-order valence-corrected chi connectivity index (χ1v) is 13.7. The van der Waals surface area contributed by atoms with E-state index in [9.17, 15) is 9.18 Å². The van der Waals surface area contributed by atoms with Crippen molar-refractivity contribution in [2.45, 2.75) is 82.3 Å². The lowest BCUT2D eigenvalue weighted by atomic mass is 9.95. The first-order valence-electron chi connectivity index (χ1n) is 13.3. The van der Waals surface area contributed by atoms with Crippen molar-refractivity contribution in [2.24, 2.45) is 0 Å². The minimum Gasteiger partial charge on any atom is -0.461 e. The molecule has 4 aliphatic heterocycles. The summed E-state index contributed by atoms with van der Waals surface area (Å²) in [7, 11) is 0. The monoisotopic (exact) mass is 550 g/mol. The van der Waals surface area contributed by atoms with Gasteiger partial charge in [0.2, 0.25) is 0 Å². The Labute approximate surface area is 225 Å². The van der Waals surface area contributed by atoms with Gasteiger partial charge < -0.3 is 14.4 Å². The van der Waals surface area contributed by atoms with Crippen LogP contribution in [0, 0.1) is 5.82 Å². The summed E-state index contributed by atoms with van der Waals surface area (Å²) >= 11 is 6.00. The number of fused-ring (bicyclic) bond motifs is 4. The van der Waals surface area contributed by atoms with Crippen molar-refractivity contribution in [3.8, 4) is 6.01 Å². The number of carbonyl (C=O) groups is 1. The van der Waals surface area contributed by atoms with E-state index in [1.54, 1.807) is 0 Å². The fraction of sp³-hybridized carbons (Fsp3) is 0.692. The largest absolute Gasteiger partial charge is 0.461 e. The van der Waals surface area contributed by atoms with Crippen LogP contribution in [0.3, 0.4) is 0 Å². The van der Waals surface area contributed by atoms with Crippen LogP contribution in [0.25, 0.3) is 10.9 Å². The van der Waals surface area contributed by atoms with E-state index in [2.05, 4.69) is 14.9 Å². The third-order valence-electron chi connectivity index (χ3n) is 8.22. The molecule has 9 nitrogen and oxygen atoms in total. The number of aromatic nitrogens is 3. The minimum atomic E-state index is -0.883. The lowest BCUT2D eigenvalue weighted by Gasteiger charge is -2.42. The number of pyridine rings is 1. The normalized spacial score (nSPS) is 29.3. The van der Waals surface area contributed by atoms with Crippen molar-refractivity contribution in [3.63, 3.8) is 0 Å². The molecule has 1 amide bonds. The number of alkyl halides is 1. The van der Waals surface area contributed by atoms with E-state index in [0.29, 0.717) is 37.3 Å². The highest BCUT2D eigenvalue weighted by atomic mass is 35.5. The van der Waals surface area contributed by atoms with Crippen LogP contribution in [0.2, 0.25) is 5.15 Å². The maximum atomic E-state index is 15.1. The molecule has 206 valence electrons. The predicted molar refractivity (Wildman–Crippen MR) is 138 cm³/mol. The summed E-state index contributed by atoms with van der Waals surface area (Å²) in [6, 6.07) is -0.0953. The van der Waals surface area contributed by atoms with Crippen LogP contribution >= 0.6 is 11.6 Å². The van der Waals surface area contributed by atoms with Crippen molar-refractivity contribution < 1.29 is 23.0 Å². The van der Waals surface area contributed by atoms with Gasteiger partial charge in [-0.3, -0.25) is 9.80 Å². The number of hydrogen-bond acceptors (Lipinski definition) is 8. The fourth-order valence-corrected chi connectivity index (χ4v) is 6.78. The molecule has 4 aliphatic rings. The Morgan fingerprint density at radius 3 is 2.66 bits per heavy atom. The molecule has 0 radical (unpaired) electrons. The van der Waals surface area contributed by atoms with Crippen LogP contribution in [-0.2, 0) is 4.74 Å². The summed E-state index contributed by atoms with van der Waals surface area (Å²) in [5.41, 5.74) is -0.937. The highest BCUT2D eigenvalue weighted by molar-refractivity contribution is 6.30. The Morgan fingerprint density at radius 2 is 1.95 bits per heavy atom. The standard InChI is InChI=1S/C26H33ClF2N6O3/c1-25(2,3)38-24(36)35-16-5-6-17(35)13-33(12-16)22-18-10-30-21(27)19(29)20(18)31-23(32-22)37-14-26-7-4-8-34(26)11-15(28)9-26/h10,15-17H,4-9,11-14H2,1-3H3/t15?,16-,17+,26?. The Kier molecular flexibility index (Phi) is 6.29. The van der Waals surface area contributed by atoms with Crippen molar-refractivity contribution in [3.05, 3.63) is 17.2 Å². The molecule has 12 heteroatoms. The smallest absolute Gasteiger partial charge is 0.410 e. The second-order valence-electron chi connectivity index (χ2n) is 12.0. The third kappa shape index (κ3) is 4.51. The molecule has 0 spiro atoms. The van der Waals surface area contributed by atoms with E-state index in [1.807, 2.05) is 30.6 Å². The molecule has 2 aromatic heterocycles. The second-order valence-corrected chi connectivity index (χ2v) is 12.4. The van der Waals surface area contributed by atoms with Crippen LogP contribution in [0.15, 0.2) is 6.20 Å². The van der Waals surface area contributed by atoms with E-state index in [-0.39, 0.29) is 47.0 Å². The van der Waals surface area contributed by atoms with Gasteiger partial charge in [-0.25, -0.2) is 18.6 Å². The molecule has 2 bridgehead atoms. The zero-order valence-electron chi connectivity index (χ0n) is 21.9. The van der Waals surface area contributed by atoms with E-state index >= 15 is 4.39 Å². The number of piperazine rings is 1. The van der Waals surface area contributed by atoms with Crippen LogP contribution in [0.4, 0.5) is 19.4 Å². The van der Waals surface area contributed by atoms with Gasteiger partial charge in [0.25, 0.3) is 0 Å². The highest BCUT2D eigenvalue weighted by Gasteiger charge is 2.49. The number of amides is 1. The van der Waals surface area contributed by atoms with Crippen LogP contribution in [-0.4, -0.2) is 93.0 Å². The van der Waals surface area contributed by atoms with Gasteiger partial charge in [-0.15, -0.1) is 0 Å². The molecule has 0 aliphatic carbocycles. The number of carbonyl (C=O) groups excluding carboxylic acids is 1. The molecular formula is C26H33ClF2N6O3. The maximum absolute atomic E-state index is 15.1. The van der Waals surface area contributed by atoms with Crippen molar-refractivity contribution >= 4 is 34.4 Å². The van der Waals surface area contributed by atoms with E-state index in [4.69, 9.17) is 26.1 Å².